The number of hydrogen-bond donors (Lipinski definition) is 3. The Kier molecular flexibility index (Phi) is 8.16. The van der Waals surface area contributed by atoms with Crippen LogP contribution in [0, 0.1) is 0 Å². The predicted octanol–water partition coefficient (Wildman–Crippen LogP) is 8.24. The van der Waals surface area contributed by atoms with E-state index in [-0.39, 0.29) is 17.0 Å². The van der Waals surface area contributed by atoms with Gasteiger partial charge in [-0.1, -0.05) is 60.7 Å². The molecule has 1 unspecified atom stereocenters. The first-order valence-electron chi connectivity index (χ1n) is 14.2. The first-order valence-corrected chi connectivity index (χ1v) is 15.1. The third-order valence-electron chi connectivity index (χ3n) is 7.46. The van der Waals surface area contributed by atoms with Crippen molar-refractivity contribution in [3.8, 4) is 0 Å². The molecular weight excluding hydrogens is 570 g/mol. The van der Waals surface area contributed by atoms with Gasteiger partial charge in [0.05, 0.1) is 11.1 Å². The van der Waals surface area contributed by atoms with Gasteiger partial charge >= 0.3 is 5.97 Å². The Bertz CT molecular complexity index is 2000. The lowest BCUT2D eigenvalue weighted by Gasteiger charge is -2.18. The van der Waals surface area contributed by atoms with E-state index in [1.54, 1.807) is 24.3 Å². The van der Waals surface area contributed by atoms with Crippen LogP contribution < -0.4 is 10.6 Å². The van der Waals surface area contributed by atoms with E-state index in [1.165, 1.54) is 23.9 Å². The van der Waals surface area contributed by atoms with Crippen LogP contribution >= 0.6 is 11.8 Å². The summed E-state index contributed by atoms with van der Waals surface area (Å²) in [6, 6.07) is 37.1. The van der Waals surface area contributed by atoms with Crippen LogP contribution in [0.4, 0.5) is 11.4 Å². The fraction of sp³-hybridized carbons (Fsp3) is 0.0833. The zero-order valence-corrected chi connectivity index (χ0v) is 24.7. The molecule has 0 aliphatic heterocycles. The number of rotatable bonds is 9. The monoisotopic (exact) mass is 599 g/mol. The topological polar surface area (TPSA) is 100 Å². The molecule has 1 heterocycles. The number of nitrogens with zero attached hydrogens (tertiary/aromatic N) is 1. The standard InChI is InChI=1S/C36H29N3O4S/c1-2-39-31-15-9-8-12-27(31)30-22-25(18-21-32(30)39)38-35(41)33(23-10-4-3-5-11-23)44-26-19-16-24(17-20-26)37-34(40)28-13-6-7-14-29(28)36(42)43/h3-22,33H,2H2,1H3,(H,37,40)(H,38,41)(H,42,43). The molecular formula is C36H29N3O4S. The summed E-state index contributed by atoms with van der Waals surface area (Å²) in [6.07, 6.45) is 0. The van der Waals surface area contributed by atoms with Crippen LogP contribution in [0.5, 0.6) is 0 Å². The molecule has 6 rings (SSSR count). The minimum atomic E-state index is -1.17. The van der Waals surface area contributed by atoms with E-state index in [0.717, 1.165) is 44.5 Å². The molecule has 1 atom stereocenters. The van der Waals surface area contributed by atoms with E-state index in [9.17, 15) is 19.5 Å². The van der Waals surface area contributed by atoms with Crippen LogP contribution in [-0.2, 0) is 11.3 Å². The Morgan fingerprint density at radius 2 is 1.34 bits per heavy atom. The number of aromatic carboxylic acids is 1. The SMILES string of the molecule is CCn1c2ccccc2c2cc(NC(=O)C(Sc3ccc(NC(=O)c4ccccc4C(=O)O)cc3)c3ccccc3)ccc21. The number of anilines is 2. The predicted molar refractivity (Wildman–Crippen MR) is 177 cm³/mol. The zero-order chi connectivity index (χ0) is 30.6. The number of carboxylic acids is 1. The Morgan fingerprint density at radius 3 is 2.07 bits per heavy atom. The Morgan fingerprint density at radius 1 is 0.705 bits per heavy atom. The minimum Gasteiger partial charge on any atom is -0.478 e. The van der Waals surface area contributed by atoms with Gasteiger partial charge in [0.1, 0.15) is 5.25 Å². The lowest BCUT2D eigenvalue weighted by Crippen LogP contribution is -2.19. The molecule has 0 aliphatic rings. The maximum Gasteiger partial charge on any atom is 0.336 e. The molecule has 0 saturated carbocycles. The summed E-state index contributed by atoms with van der Waals surface area (Å²) in [6.45, 7) is 2.97. The summed E-state index contributed by atoms with van der Waals surface area (Å²) < 4.78 is 2.27. The van der Waals surface area contributed by atoms with Crippen LogP contribution in [0.25, 0.3) is 21.8 Å². The van der Waals surface area contributed by atoms with Gasteiger partial charge in [0, 0.05) is 44.6 Å². The number of aryl methyl sites for hydroxylation is 1. The molecule has 3 N–H and O–H groups in total. The summed E-state index contributed by atoms with van der Waals surface area (Å²) >= 11 is 1.41. The maximum atomic E-state index is 13.8. The largest absolute Gasteiger partial charge is 0.478 e. The third kappa shape index (κ3) is 5.80. The van der Waals surface area contributed by atoms with Crippen molar-refractivity contribution in [1.29, 1.82) is 0 Å². The third-order valence-corrected chi connectivity index (χ3v) is 8.73. The van der Waals surface area contributed by atoms with Crippen LogP contribution in [-0.4, -0.2) is 27.5 Å². The highest BCUT2D eigenvalue weighted by Gasteiger charge is 2.23. The Hall–Kier alpha value is -5.34. The number of aromatic nitrogens is 1. The molecule has 218 valence electrons. The highest BCUT2D eigenvalue weighted by Crippen LogP contribution is 2.37. The molecule has 0 spiro atoms. The molecule has 0 aliphatic carbocycles. The summed E-state index contributed by atoms with van der Waals surface area (Å²) in [5.41, 5.74) is 4.40. The normalized spacial score (nSPS) is 11.8. The van der Waals surface area contributed by atoms with Crippen molar-refractivity contribution in [1.82, 2.24) is 4.57 Å². The van der Waals surface area contributed by atoms with E-state index in [2.05, 4.69) is 40.3 Å². The van der Waals surface area contributed by atoms with E-state index in [0.29, 0.717) is 5.69 Å². The van der Waals surface area contributed by atoms with E-state index in [1.807, 2.05) is 66.7 Å². The lowest BCUT2D eigenvalue weighted by molar-refractivity contribution is -0.115. The molecule has 0 saturated heterocycles. The smallest absolute Gasteiger partial charge is 0.336 e. The number of carbonyl (C=O) groups excluding carboxylic acids is 2. The van der Waals surface area contributed by atoms with E-state index < -0.39 is 17.1 Å². The number of fused-ring (bicyclic) bond motifs is 3. The van der Waals surface area contributed by atoms with Gasteiger partial charge in [0.15, 0.2) is 0 Å². The van der Waals surface area contributed by atoms with Crippen molar-refractivity contribution in [2.45, 2.75) is 23.6 Å². The second kappa shape index (κ2) is 12.5. The second-order valence-electron chi connectivity index (χ2n) is 10.2. The second-order valence-corrected chi connectivity index (χ2v) is 11.4. The van der Waals surface area contributed by atoms with Gasteiger partial charge in [0.2, 0.25) is 5.91 Å². The molecule has 0 bridgehead atoms. The fourth-order valence-electron chi connectivity index (χ4n) is 5.40. The van der Waals surface area contributed by atoms with Crippen molar-refractivity contribution < 1.29 is 19.5 Å². The molecule has 5 aromatic carbocycles. The first-order chi connectivity index (χ1) is 21.4. The number of carbonyl (C=O) groups is 3. The first kappa shape index (κ1) is 28.8. The van der Waals surface area contributed by atoms with Gasteiger partial charge < -0.3 is 20.3 Å². The number of amides is 2. The zero-order valence-electron chi connectivity index (χ0n) is 23.9. The summed E-state index contributed by atoms with van der Waals surface area (Å²) in [5.74, 6) is -1.83. The lowest BCUT2D eigenvalue weighted by atomic mass is 10.1. The average molecular weight is 600 g/mol. The average Bonchev–Trinajstić information content (AvgIpc) is 3.37. The Labute approximate surface area is 258 Å². The molecule has 8 heteroatoms. The fourth-order valence-corrected chi connectivity index (χ4v) is 6.42. The quantitative estimate of drug-likeness (QED) is 0.145. The number of nitrogens with one attached hydrogen (secondary N) is 2. The van der Waals surface area contributed by atoms with E-state index in [4.69, 9.17) is 0 Å². The van der Waals surface area contributed by atoms with Crippen molar-refractivity contribution in [2.75, 3.05) is 10.6 Å². The van der Waals surface area contributed by atoms with Gasteiger partial charge in [0.25, 0.3) is 5.91 Å². The molecule has 6 aromatic rings. The number of para-hydroxylation sites is 1. The van der Waals surface area contributed by atoms with Crippen LogP contribution in [0.1, 0.15) is 38.5 Å². The highest BCUT2D eigenvalue weighted by atomic mass is 32.2. The molecule has 1 aromatic heterocycles. The van der Waals surface area contributed by atoms with E-state index >= 15 is 0 Å². The molecule has 44 heavy (non-hydrogen) atoms. The van der Waals surface area contributed by atoms with Crippen molar-refractivity contribution >= 4 is 62.7 Å². The summed E-state index contributed by atoms with van der Waals surface area (Å²) in [7, 11) is 0. The van der Waals surface area contributed by atoms with Gasteiger partial charge in [-0.05, 0) is 73.2 Å². The highest BCUT2D eigenvalue weighted by molar-refractivity contribution is 8.00. The number of benzene rings is 5. The molecule has 0 radical (unpaired) electrons. The summed E-state index contributed by atoms with van der Waals surface area (Å²) in [4.78, 5) is 38.9. The van der Waals surface area contributed by atoms with Gasteiger partial charge in [-0.25, -0.2) is 4.79 Å². The summed E-state index contributed by atoms with van der Waals surface area (Å²) in [5, 5.41) is 17.0. The minimum absolute atomic E-state index is 0.0656. The molecule has 2 amide bonds. The van der Waals surface area contributed by atoms with Crippen LogP contribution in [0.2, 0.25) is 0 Å². The van der Waals surface area contributed by atoms with Crippen LogP contribution in [0.3, 0.4) is 0 Å². The van der Waals surface area contributed by atoms with Gasteiger partial charge in [-0.3, -0.25) is 9.59 Å². The Balaban J connectivity index is 1.22. The molecule has 0 fully saturated rings. The molecule has 7 nitrogen and oxygen atoms in total. The number of thioether (sulfide) groups is 1. The van der Waals surface area contributed by atoms with Crippen molar-refractivity contribution in [2.24, 2.45) is 0 Å². The van der Waals surface area contributed by atoms with Crippen molar-refractivity contribution in [3.05, 3.63) is 138 Å². The van der Waals surface area contributed by atoms with Crippen molar-refractivity contribution in [3.63, 3.8) is 0 Å². The maximum absolute atomic E-state index is 13.8. The van der Waals surface area contributed by atoms with Gasteiger partial charge in [-0.2, -0.15) is 0 Å². The number of carboxylic acid groups (broad SMARTS) is 1. The van der Waals surface area contributed by atoms with Gasteiger partial charge in [-0.15, -0.1) is 11.8 Å². The number of hydrogen-bond acceptors (Lipinski definition) is 4. The van der Waals surface area contributed by atoms with Crippen LogP contribution in [0.15, 0.2) is 126 Å².